The highest BCUT2D eigenvalue weighted by molar-refractivity contribution is 7.99. The number of carboxylic acids is 1. The molecule has 1 aromatic heterocycles. The lowest BCUT2D eigenvalue weighted by molar-refractivity contribution is -0.274. The SMILES string of the molecule is COc1ccc2nccc([C@H](O)CC[C@@H]3CCN(CCSc4cccc(OC(F)(F)F)c4)C[C@@H]3C(=O)O)c2c1. The van der Waals surface area contributed by atoms with Gasteiger partial charge in [0.25, 0.3) is 0 Å². The van der Waals surface area contributed by atoms with Gasteiger partial charge in [-0.1, -0.05) is 6.07 Å². The smallest absolute Gasteiger partial charge is 0.497 e. The number of thioether (sulfide) groups is 1. The van der Waals surface area contributed by atoms with Crippen molar-refractivity contribution in [3.05, 3.63) is 60.3 Å². The molecule has 0 radical (unpaired) electrons. The van der Waals surface area contributed by atoms with Gasteiger partial charge in [-0.2, -0.15) is 0 Å². The molecule has 11 heteroatoms. The first-order chi connectivity index (χ1) is 18.6. The number of carboxylic acid groups (broad SMARTS) is 1. The molecule has 1 saturated heterocycles. The summed E-state index contributed by atoms with van der Waals surface area (Å²) in [5, 5.41) is 21.7. The number of halogens is 3. The Morgan fingerprint density at radius 3 is 2.77 bits per heavy atom. The van der Waals surface area contributed by atoms with Crippen molar-refractivity contribution in [2.24, 2.45) is 11.8 Å². The number of aliphatic hydroxyl groups is 1. The van der Waals surface area contributed by atoms with Crippen molar-refractivity contribution in [2.45, 2.75) is 36.6 Å². The van der Waals surface area contributed by atoms with Gasteiger partial charge in [0.15, 0.2) is 0 Å². The number of likely N-dealkylation sites (tertiary alicyclic amines) is 1. The molecule has 2 aromatic carbocycles. The number of aliphatic carboxylic acids is 1. The molecule has 1 aliphatic rings. The summed E-state index contributed by atoms with van der Waals surface area (Å²) in [5.74, 6) is -0.483. The molecule has 0 bridgehead atoms. The zero-order valence-electron chi connectivity index (χ0n) is 21.4. The number of aromatic nitrogens is 1. The molecule has 2 N–H and O–H groups in total. The number of aliphatic hydroxyl groups excluding tert-OH is 1. The average molecular weight is 565 g/mol. The van der Waals surface area contributed by atoms with Gasteiger partial charge in [0.1, 0.15) is 11.5 Å². The molecule has 0 saturated carbocycles. The lowest BCUT2D eigenvalue weighted by Crippen LogP contribution is -2.44. The number of hydrogen-bond donors (Lipinski definition) is 2. The zero-order valence-corrected chi connectivity index (χ0v) is 22.3. The van der Waals surface area contributed by atoms with E-state index in [4.69, 9.17) is 4.74 Å². The zero-order chi connectivity index (χ0) is 28.0. The molecule has 2 heterocycles. The number of nitrogens with zero attached hydrogens (tertiary/aromatic N) is 2. The Labute approximate surface area is 228 Å². The van der Waals surface area contributed by atoms with Gasteiger partial charge in [0.2, 0.25) is 0 Å². The predicted molar refractivity (Wildman–Crippen MR) is 142 cm³/mol. The second kappa shape index (κ2) is 12.9. The predicted octanol–water partition coefficient (Wildman–Crippen LogP) is 5.77. The van der Waals surface area contributed by atoms with Crippen LogP contribution in [-0.4, -0.2) is 64.9 Å². The Hall–Kier alpha value is -3.02. The molecule has 0 unspecified atom stereocenters. The van der Waals surface area contributed by atoms with Crippen molar-refractivity contribution in [3.63, 3.8) is 0 Å². The number of hydrogen-bond acceptors (Lipinski definition) is 7. The van der Waals surface area contributed by atoms with E-state index in [1.54, 1.807) is 25.4 Å². The van der Waals surface area contributed by atoms with Crippen LogP contribution in [0.5, 0.6) is 11.5 Å². The standard InChI is InChI=1S/C28H31F3N2O5S/c1-37-19-6-7-25-23(16-19)22(9-11-32-25)26(34)8-5-18-10-12-33(17-24(18)27(35)36)13-14-39-21-4-2-3-20(15-21)38-28(29,30)31/h2-4,6-7,9,11,15-16,18,24,26,34H,5,8,10,12-14,17H2,1H3,(H,35,36)/t18-,24+,26-/m1/s1. The van der Waals surface area contributed by atoms with Gasteiger partial charge in [-0.05, 0) is 79.8 Å². The van der Waals surface area contributed by atoms with Gasteiger partial charge >= 0.3 is 12.3 Å². The van der Waals surface area contributed by atoms with E-state index in [2.05, 4.69) is 14.6 Å². The molecule has 3 aromatic rings. The number of ether oxygens (including phenoxy) is 2. The molecule has 0 aliphatic carbocycles. The molecule has 4 rings (SSSR count). The molecule has 0 amide bonds. The maximum absolute atomic E-state index is 12.5. The van der Waals surface area contributed by atoms with Crippen LogP contribution in [0, 0.1) is 11.8 Å². The van der Waals surface area contributed by atoms with Gasteiger partial charge in [-0.15, -0.1) is 24.9 Å². The number of piperidine rings is 1. The largest absolute Gasteiger partial charge is 0.573 e. The molecule has 1 fully saturated rings. The lowest BCUT2D eigenvalue weighted by atomic mass is 9.81. The van der Waals surface area contributed by atoms with Crippen LogP contribution in [0.4, 0.5) is 13.2 Å². The minimum atomic E-state index is -4.74. The van der Waals surface area contributed by atoms with Crippen molar-refractivity contribution >= 4 is 28.6 Å². The Morgan fingerprint density at radius 2 is 2.03 bits per heavy atom. The fraction of sp³-hybridized carbons (Fsp3) is 0.429. The lowest BCUT2D eigenvalue weighted by Gasteiger charge is -2.37. The highest BCUT2D eigenvalue weighted by Gasteiger charge is 2.34. The van der Waals surface area contributed by atoms with Crippen LogP contribution < -0.4 is 9.47 Å². The minimum Gasteiger partial charge on any atom is -0.497 e. The fourth-order valence-corrected chi connectivity index (χ4v) is 6.00. The third-order valence-electron chi connectivity index (χ3n) is 7.02. The molecular weight excluding hydrogens is 533 g/mol. The number of pyridine rings is 1. The number of benzene rings is 2. The topological polar surface area (TPSA) is 92.1 Å². The maximum atomic E-state index is 12.5. The van der Waals surface area contributed by atoms with Crippen LogP contribution in [-0.2, 0) is 4.79 Å². The summed E-state index contributed by atoms with van der Waals surface area (Å²) in [6.45, 7) is 1.72. The molecule has 39 heavy (non-hydrogen) atoms. The number of rotatable bonds is 11. The van der Waals surface area contributed by atoms with Gasteiger partial charge in [-0.3, -0.25) is 9.78 Å². The van der Waals surface area contributed by atoms with Crippen molar-refractivity contribution in [1.82, 2.24) is 9.88 Å². The summed E-state index contributed by atoms with van der Waals surface area (Å²) in [4.78, 5) is 19.2. The molecule has 1 aliphatic heterocycles. The van der Waals surface area contributed by atoms with E-state index in [1.165, 1.54) is 30.0 Å². The molecule has 3 atom stereocenters. The summed E-state index contributed by atoms with van der Waals surface area (Å²) in [5.41, 5.74) is 1.49. The van der Waals surface area contributed by atoms with Gasteiger partial charge in [0.05, 0.1) is 24.6 Å². The first kappa shape index (κ1) is 29.0. The molecule has 0 spiro atoms. The number of fused-ring (bicyclic) bond motifs is 1. The summed E-state index contributed by atoms with van der Waals surface area (Å²) < 4.78 is 46.7. The molecular formula is C28H31F3N2O5S. The van der Waals surface area contributed by atoms with Crippen LogP contribution in [0.3, 0.4) is 0 Å². The summed E-state index contributed by atoms with van der Waals surface area (Å²) in [6.07, 6.45) is -2.16. The highest BCUT2D eigenvalue weighted by Crippen LogP contribution is 2.34. The van der Waals surface area contributed by atoms with Crippen LogP contribution in [0.2, 0.25) is 0 Å². The number of methoxy groups -OCH3 is 1. The van der Waals surface area contributed by atoms with Crippen LogP contribution in [0.15, 0.2) is 59.6 Å². The first-order valence-electron chi connectivity index (χ1n) is 12.7. The van der Waals surface area contributed by atoms with Gasteiger partial charge < -0.3 is 24.6 Å². The highest BCUT2D eigenvalue weighted by atomic mass is 32.2. The van der Waals surface area contributed by atoms with E-state index in [1.807, 2.05) is 18.2 Å². The first-order valence-corrected chi connectivity index (χ1v) is 13.7. The van der Waals surface area contributed by atoms with Crippen LogP contribution >= 0.6 is 11.8 Å². The Balaban J connectivity index is 1.30. The number of alkyl halides is 3. The number of carbonyl (C=O) groups is 1. The summed E-state index contributed by atoms with van der Waals surface area (Å²) >= 11 is 1.40. The average Bonchev–Trinajstić information content (AvgIpc) is 2.90. The molecule has 7 nitrogen and oxygen atoms in total. The normalized spacial score (nSPS) is 19.1. The van der Waals surface area contributed by atoms with E-state index in [0.717, 1.165) is 23.0 Å². The van der Waals surface area contributed by atoms with Gasteiger partial charge in [-0.25, -0.2) is 0 Å². The second-order valence-corrected chi connectivity index (χ2v) is 10.7. The van der Waals surface area contributed by atoms with Crippen LogP contribution in [0.25, 0.3) is 10.9 Å². The van der Waals surface area contributed by atoms with Crippen molar-refractivity contribution in [2.75, 3.05) is 32.5 Å². The van der Waals surface area contributed by atoms with Crippen molar-refractivity contribution < 1.29 is 37.7 Å². The monoisotopic (exact) mass is 564 g/mol. The van der Waals surface area contributed by atoms with E-state index in [-0.39, 0.29) is 11.7 Å². The Kier molecular flexibility index (Phi) is 9.58. The van der Waals surface area contributed by atoms with E-state index < -0.39 is 24.4 Å². The minimum absolute atomic E-state index is 0.0695. The fourth-order valence-electron chi connectivity index (χ4n) is 5.04. The maximum Gasteiger partial charge on any atom is 0.573 e. The van der Waals surface area contributed by atoms with E-state index in [0.29, 0.717) is 48.7 Å². The third-order valence-corrected chi connectivity index (χ3v) is 8.00. The van der Waals surface area contributed by atoms with Crippen LogP contribution in [0.1, 0.15) is 30.9 Å². The second-order valence-electron chi connectivity index (χ2n) is 9.54. The summed E-state index contributed by atoms with van der Waals surface area (Å²) in [7, 11) is 1.58. The summed E-state index contributed by atoms with van der Waals surface area (Å²) in [6, 6.07) is 13.1. The Morgan fingerprint density at radius 1 is 1.21 bits per heavy atom. The third kappa shape index (κ3) is 8.00. The van der Waals surface area contributed by atoms with E-state index >= 15 is 0 Å². The Bertz CT molecular complexity index is 1280. The quantitative estimate of drug-likeness (QED) is 0.284. The van der Waals surface area contributed by atoms with Gasteiger partial charge in [0, 0.05) is 35.3 Å². The molecule has 210 valence electrons. The van der Waals surface area contributed by atoms with E-state index in [9.17, 15) is 28.2 Å². The van der Waals surface area contributed by atoms with Crippen molar-refractivity contribution in [3.8, 4) is 11.5 Å². The van der Waals surface area contributed by atoms with Crippen molar-refractivity contribution in [1.29, 1.82) is 0 Å².